The summed E-state index contributed by atoms with van der Waals surface area (Å²) in [6, 6.07) is 11.2. The zero-order valence-corrected chi connectivity index (χ0v) is 10.3. The summed E-state index contributed by atoms with van der Waals surface area (Å²) in [7, 11) is 0. The molecule has 1 aliphatic rings. The number of fused-ring (bicyclic) bond motifs is 1. The van der Waals surface area contributed by atoms with Crippen molar-refractivity contribution in [2.24, 2.45) is 0 Å². The molecule has 1 heterocycles. The van der Waals surface area contributed by atoms with Crippen LogP contribution in [0.15, 0.2) is 36.4 Å². The maximum absolute atomic E-state index is 5.78. The highest BCUT2D eigenvalue weighted by atomic mass is 16.6. The predicted octanol–water partition coefficient (Wildman–Crippen LogP) is 2.37. The quantitative estimate of drug-likeness (QED) is 0.719. The molecule has 19 heavy (non-hydrogen) atoms. The second-order valence-electron chi connectivity index (χ2n) is 4.33. The molecule has 0 saturated carbocycles. The number of benzene rings is 2. The molecule has 0 radical (unpaired) electrons. The van der Waals surface area contributed by atoms with Crippen molar-refractivity contribution in [3.05, 3.63) is 36.4 Å². The monoisotopic (exact) mass is 257 g/mol. The van der Waals surface area contributed by atoms with Crippen LogP contribution >= 0.6 is 0 Å². The lowest BCUT2D eigenvalue weighted by atomic mass is 10.2. The van der Waals surface area contributed by atoms with Crippen LogP contribution in [0.5, 0.6) is 11.5 Å². The second kappa shape index (κ2) is 4.61. The molecule has 2 aromatic rings. The summed E-state index contributed by atoms with van der Waals surface area (Å²) in [5.74, 6) is 1.52. The van der Waals surface area contributed by atoms with Crippen molar-refractivity contribution in [2.75, 3.05) is 30.0 Å². The molecule has 98 valence electrons. The third-order valence-electron chi connectivity index (χ3n) is 2.92. The molecule has 0 spiro atoms. The Kier molecular flexibility index (Phi) is 2.79. The maximum Gasteiger partial charge on any atom is 0.163 e. The number of nitrogens with two attached hydrogens (primary N) is 2. The highest BCUT2D eigenvalue weighted by molar-refractivity contribution is 5.73. The van der Waals surface area contributed by atoms with E-state index in [0.717, 1.165) is 22.9 Å². The van der Waals surface area contributed by atoms with E-state index in [9.17, 15) is 0 Å². The van der Waals surface area contributed by atoms with Gasteiger partial charge >= 0.3 is 0 Å². The van der Waals surface area contributed by atoms with Crippen molar-refractivity contribution in [2.45, 2.75) is 0 Å². The van der Waals surface area contributed by atoms with E-state index in [1.54, 1.807) is 12.1 Å². The summed E-state index contributed by atoms with van der Waals surface area (Å²) in [5.41, 5.74) is 14.4. The van der Waals surface area contributed by atoms with Gasteiger partial charge in [-0.05, 0) is 30.3 Å². The van der Waals surface area contributed by atoms with Crippen molar-refractivity contribution in [3.63, 3.8) is 0 Å². The lowest BCUT2D eigenvalue weighted by Crippen LogP contribution is -2.15. The molecule has 2 aromatic carbocycles. The minimum absolute atomic E-state index is 0.558. The second-order valence-corrected chi connectivity index (χ2v) is 4.33. The fourth-order valence-electron chi connectivity index (χ4n) is 1.94. The Balaban J connectivity index is 1.84. The average molecular weight is 257 g/mol. The van der Waals surface area contributed by atoms with Gasteiger partial charge in [0.15, 0.2) is 11.5 Å². The summed E-state index contributed by atoms with van der Waals surface area (Å²) in [4.78, 5) is 0. The van der Waals surface area contributed by atoms with Gasteiger partial charge < -0.3 is 26.3 Å². The highest BCUT2D eigenvalue weighted by Crippen LogP contribution is 2.34. The third-order valence-corrected chi connectivity index (χ3v) is 2.92. The molecule has 5 N–H and O–H groups in total. The minimum Gasteiger partial charge on any atom is -0.486 e. The van der Waals surface area contributed by atoms with Gasteiger partial charge in [-0.1, -0.05) is 0 Å². The van der Waals surface area contributed by atoms with E-state index in [-0.39, 0.29) is 0 Å². The van der Waals surface area contributed by atoms with Crippen LogP contribution in [0.3, 0.4) is 0 Å². The molecule has 0 bridgehead atoms. The van der Waals surface area contributed by atoms with Crippen LogP contribution in [0, 0.1) is 0 Å². The molecule has 1 aliphatic heterocycles. The lowest BCUT2D eigenvalue weighted by molar-refractivity contribution is 0.171. The molecule has 0 amide bonds. The first-order chi connectivity index (χ1) is 9.22. The summed E-state index contributed by atoms with van der Waals surface area (Å²) < 4.78 is 11.0. The van der Waals surface area contributed by atoms with Crippen molar-refractivity contribution >= 4 is 22.7 Å². The number of nitrogen functional groups attached to an aromatic ring is 2. The van der Waals surface area contributed by atoms with E-state index in [1.165, 1.54) is 0 Å². The zero-order chi connectivity index (χ0) is 13.2. The molecular weight excluding hydrogens is 242 g/mol. The predicted molar refractivity (Wildman–Crippen MR) is 76.0 cm³/mol. The Morgan fingerprint density at radius 3 is 2.26 bits per heavy atom. The molecule has 5 nitrogen and oxygen atoms in total. The van der Waals surface area contributed by atoms with E-state index in [1.807, 2.05) is 24.3 Å². The van der Waals surface area contributed by atoms with E-state index in [4.69, 9.17) is 20.9 Å². The Morgan fingerprint density at radius 1 is 0.789 bits per heavy atom. The summed E-state index contributed by atoms with van der Waals surface area (Å²) in [6.45, 7) is 1.17. The first-order valence-electron chi connectivity index (χ1n) is 6.04. The molecule has 0 aromatic heterocycles. The maximum atomic E-state index is 5.78. The van der Waals surface area contributed by atoms with Gasteiger partial charge in [0.1, 0.15) is 13.2 Å². The van der Waals surface area contributed by atoms with Gasteiger partial charge in [-0.15, -0.1) is 0 Å². The fraction of sp³-hybridized carbons (Fsp3) is 0.143. The van der Waals surface area contributed by atoms with Gasteiger partial charge in [-0.2, -0.15) is 0 Å². The fourth-order valence-corrected chi connectivity index (χ4v) is 1.94. The van der Waals surface area contributed by atoms with E-state index >= 15 is 0 Å². The standard InChI is InChI=1S/C14H15N3O2/c15-11-3-1-9(7-12(11)16)17-10-2-4-13-14(8-10)19-6-5-18-13/h1-4,7-8,17H,5-6,15-16H2. The molecule has 0 aliphatic carbocycles. The summed E-state index contributed by atoms with van der Waals surface area (Å²) >= 11 is 0. The largest absolute Gasteiger partial charge is 0.486 e. The van der Waals surface area contributed by atoms with Crippen molar-refractivity contribution in [1.29, 1.82) is 0 Å². The number of ether oxygens (including phenoxy) is 2. The molecule has 5 heteroatoms. The molecule has 0 saturated heterocycles. The van der Waals surface area contributed by atoms with Gasteiger partial charge in [-0.25, -0.2) is 0 Å². The van der Waals surface area contributed by atoms with Crippen LogP contribution in [-0.4, -0.2) is 13.2 Å². The van der Waals surface area contributed by atoms with E-state index < -0.39 is 0 Å². The van der Waals surface area contributed by atoms with Crippen LogP contribution in [0.25, 0.3) is 0 Å². The Labute approximate surface area is 111 Å². The van der Waals surface area contributed by atoms with E-state index in [0.29, 0.717) is 24.6 Å². The van der Waals surface area contributed by atoms with Crippen LogP contribution in [0.4, 0.5) is 22.7 Å². The Morgan fingerprint density at radius 2 is 1.47 bits per heavy atom. The number of anilines is 4. The highest BCUT2D eigenvalue weighted by Gasteiger charge is 2.11. The third kappa shape index (κ3) is 2.35. The summed E-state index contributed by atoms with van der Waals surface area (Å²) in [5, 5.41) is 3.25. The van der Waals surface area contributed by atoms with Crippen LogP contribution < -0.4 is 26.3 Å². The number of hydrogen-bond acceptors (Lipinski definition) is 5. The SMILES string of the molecule is Nc1ccc(Nc2ccc3c(c2)OCCO3)cc1N. The first kappa shape index (κ1) is 11.5. The zero-order valence-electron chi connectivity index (χ0n) is 10.3. The first-order valence-corrected chi connectivity index (χ1v) is 6.04. The normalized spacial score (nSPS) is 13.1. The smallest absolute Gasteiger partial charge is 0.163 e. The topological polar surface area (TPSA) is 82.5 Å². The van der Waals surface area contributed by atoms with Gasteiger partial charge in [0, 0.05) is 17.4 Å². The van der Waals surface area contributed by atoms with Gasteiger partial charge in [0.25, 0.3) is 0 Å². The molecule has 0 fully saturated rings. The molecule has 3 rings (SSSR count). The summed E-state index contributed by atoms with van der Waals surface area (Å²) in [6.07, 6.45) is 0. The van der Waals surface area contributed by atoms with Crippen molar-refractivity contribution in [3.8, 4) is 11.5 Å². The van der Waals surface area contributed by atoms with E-state index in [2.05, 4.69) is 5.32 Å². The van der Waals surface area contributed by atoms with Crippen molar-refractivity contribution < 1.29 is 9.47 Å². The Bertz CT molecular complexity index is 614. The van der Waals surface area contributed by atoms with Crippen molar-refractivity contribution in [1.82, 2.24) is 0 Å². The molecular formula is C14H15N3O2. The Hall–Kier alpha value is -2.56. The molecule has 0 atom stereocenters. The minimum atomic E-state index is 0.558. The van der Waals surface area contributed by atoms with Gasteiger partial charge in [-0.3, -0.25) is 0 Å². The number of rotatable bonds is 2. The number of nitrogens with one attached hydrogen (secondary N) is 1. The van der Waals surface area contributed by atoms with Crippen LogP contribution in [0.1, 0.15) is 0 Å². The van der Waals surface area contributed by atoms with Crippen LogP contribution in [-0.2, 0) is 0 Å². The van der Waals surface area contributed by atoms with Gasteiger partial charge in [0.2, 0.25) is 0 Å². The van der Waals surface area contributed by atoms with Gasteiger partial charge in [0.05, 0.1) is 11.4 Å². The van der Waals surface area contributed by atoms with Crippen LogP contribution in [0.2, 0.25) is 0 Å². The lowest BCUT2D eigenvalue weighted by Gasteiger charge is -2.19. The molecule has 0 unspecified atom stereocenters. The average Bonchev–Trinajstić information content (AvgIpc) is 2.43. The number of hydrogen-bond donors (Lipinski definition) is 3.